The maximum atomic E-state index is 13.0. The summed E-state index contributed by atoms with van der Waals surface area (Å²) < 4.78 is 10.7. The molecule has 0 radical (unpaired) electrons. The first-order valence-corrected chi connectivity index (χ1v) is 9.54. The number of carbonyl (C=O) groups is 3. The lowest BCUT2D eigenvalue weighted by atomic mass is 9.84. The number of fused-ring (bicyclic) bond motifs is 1. The van der Waals surface area contributed by atoms with E-state index in [9.17, 15) is 14.4 Å². The predicted octanol–water partition coefficient (Wildman–Crippen LogP) is 2.78. The Morgan fingerprint density at radius 3 is 2.57 bits per heavy atom. The first-order chi connectivity index (χ1) is 13.3. The molecule has 2 amide bonds. The quantitative estimate of drug-likeness (QED) is 0.592. The molecule has 0 aromatic heterocycles. The number of hydrogen-bond donors (Lipinski definition) is 0. The molecule has 7 heteroatoms. The first kappa shape index (κ1) is 18.5. The summed E-state index contributed by atoms with van der Waals surface area (Å²) in [5.74, 6) is -0.769. The van der Waals surface area contributed by atoms with Gasteiger partial charge in [0.1, 0.15) is 23.9 Å². The number of carbonyl (C=O) groups excluding carboxylic acids is 3. The molecule has 0 N–H and O–H groups in total. The van der Waals surface area contributed by atoms with Gasteiger partial charge in [0.2, 0.25) is 0 Å². The largest absolute Gasteiger partial charge is 0.455 e. The summed E-state index contributed by atoms with van der Waals surface area (Å²) >= 11 is 0. The third-order valence-corrected chi connectivity index (χ3v) is 5.25. The molecule has 1 aromatic rings. The Kier molecular flexibility index (Phi) is 4.40. The van der Waals surface area contributed by atoms with Crippen molar-refractivity contribution in [2.45, 2.75) is 57.3 Å². The zero-order valence-electron chi connectivity index (χ0n) is 16.3. The number of nitrogens with zero attached hydrogens (tertiary/aromatic N) is 2. The molecule has 0 aliphatic carbocycles. The van der Waals surface area contributed by atoms with Crippen LogP contribution >= 0.6 is 0 Å². The van der Waals surface area contributed by atoms with E-state index >= 15 is 0 Å². The molecular formula is C21H24N2O5. The van der Waals surface area contributed by atoms with Crippen LogP contribution < -0.4 is 0 Å². The standard InChI is InChI=1S/C21H24N2O5/c1-21(2,3)28-19(25)15-11-7-10-14-17(18(24)22(14)15)23-16(12-27-20(23)26)13-8-5-4-6-9-13/h4-6,8-9,11,14,16-17H,7,10,12H2,1-3H3. The van der Waals surface area contributed by atoms with Gasteiger partial charge in [0.05, 0.1) is 12.1 Å². The first-order valence-electron chi connectivity index (χ1n) is 9.54. The van der Waals surface area contributed by atoms with Gasteiger partial charge in [-0.15, -0.1) is 0 Å². The fourth-order valence-corrected chi connectivity index (χ4v) is 4.09. The number of cyclic esters (lactones) is 1. The van der Waals surface area contributed by atoms with Crippen molar-refractivity contribution in [3.05, 3.63) is 47.7 Å². The van der Waals surface area contributed by atoms with Crippen LogP contribution in [0.2, 0.25) is 0 Å². The Balaban J connectivity index is 1.57. The molecule has 2 saturated heterocycles. The molecule has 148 valence electrons. The molecule has 0 saturated carbocycles. The molecule has 3 atom stereocenters. The van der Waals surface area contributed by atoms with Gasteiger partial charge in [0, 0.05) is 0 Å². The maximum Gasteiger partial charge on any atom is 0.411 e. The van der Waals surface area contributed by atoms with Gasteiger partial charge in [-0.2, -0.15) is 0 Å². The number of benzene rings is 1. The van der Waals surface area contributed by atoms with Crippen LogP contribution in [0, 0.1) is 0 Å². The van der Waals surface area contributed by atoms with Gasteiger partial charge < -0.3 is 9.47 Å². The molecular weight excluding hydrogens is 360 g/mol. The molecule has 2 fully saturated rings. The third kappa shape index (κ3) is 3.04. The zero-order valence-corrected chi connectivity index (χ0v) is 16.3. The monoisotopic (exact) mass is 384 g/mol. The second kappa shape index (κ2) is 6.65. The molecule has 3 unspecified atom stereocenters. The van der Waals surface area contributed by atoms with Crippen molar-refractivity contribution < 1.29 is 23.9 Å². The highest BCUT2D eigenvalue weighted by atomic mass is 16.6. The van der Waals surface area contributed by atoms with E-state index in [0.717, 1.165) is 5.56 Å². The average molecular weight is 384 g/mol. The molecule has 4 rings (SSSR count). The number of ether oxygens (including phenoxy) is 2. The number of amides is 2. The van der Waals surface area contributed by atoms with Crippen molar-refractivity contribution in [1.82, 2.24) is 9.80 Å². The molecule has 0 bridgehead atoms. The highest BCUT2D eigenvalue weighted by Gasteiger charge is 2.58. The number of hydrogen-bond acceptors (Lipinski definition) is 5. The van der Waals surface area contributed by atoms with Crippen LogP contribution in [-0.2, 0) is 19.1 Å². The van der Waals surface area contributed by atoms with Gasteiger partial charge in [-0.05, 0) is 39.2 Å². The fourth-order valence-electron chi connectivity index (χ4n) is 4.09. The van der Waals surface area contributed by atoms with E-state index in [2.05, 4.69) is 0 Å². The van der Waals surface area contributed by atoms with Crippen LogP contribution in [0.3, 0.4) is 0 Å². The van der Waals surface area contributed by atoms with Crippen LogP contribution in [0.5, 0.6) is 0 Å². The second-order valence-corrected chi connectivity index (χ2v) is 8.30. The molecule has 1 aromatic carbocycles. The van der Waals surface area contributed by atoms with Crippen molar-refractivity contribution in [3.8, 4) is 0 Å². The van der Waals surface area contributed by atoms with Crippen molar-refractivity contribution >= 4 is 18.0 Å². The Labute approximate surface area is 163 Å². The third-order valence-electron chi connectivity index (χ3n) is 5.25. The van der Waals surface area contributed by atoms with Gasteiger partial charge in [-0.25, -0.2) is 9.59 Å². The summed E-state index contributed by atoms with van der Waals surface area (Å²) in [6.07, 6.45) is 2.60. The van der Waals surface area contributed by atoms with E-state index in [1.807, 2.05) is 30.3 Å². The summed E-state index contributed by atoms with van der Waals surface area (Å²) in [6.45, 7) is 5.58. The Morgan fingerprint density at radius 1 is 1.18 bits per heavy atom. The topological polar surface area (TPSA) is 76.1 Å². The lowest BCUT2D eigenvalue weighted by Crippen LogP contribution is -2.71. The lowest BCUT2D eigenvalue weighted by molar-refractivity contribution is -0.165. The van der Waals surface area contributed by atoms with E-state index in [1.165, 1.54) is 9.80 Å². The predicted molar refractivity (Wildman–Crippen MR) is 100.0 cm³/mol. The van der Waals surface area contributed by atoms with Gasteiger partial charge in [0.25, 0.3) is 5.91 Å². The average Bonchev–Trinajstić information content (AvgIpc) is 3.01. The van der Waals surface area contributed by atoms with E-state index in [4.69, 9.17) is 9.47 Å². The summed E-state index contributed by atoms with van der Waals surface area (Å²) in [4.78, 5) is 41.0. The highest BCUT2D eigenvalue weighted by Crippen LogP contribution is 2.41. The number of rotatable bonds is 3. The Morgan fingerprint density at radius 2 is 1.89 bits per heavy atom. The van der Waals surface area contributed by atoms with Crippen LogP contribution in [0.4, 0.5) is 4.79 Å². The zero-order chi connectivity index (χ0) is 20.1. The number of allylic oxidation sites excluding steroid dienone is 1. The van der Waals surface area contributed by atoms with Crippen LogP contribution in [0.15, 0.2) is 42.1 Å². The molecule has 28 heavy (non-hydrogen) atoms. The Bertz CT molecular complexity index is 842. The van der Waals surface area contributed by atoms with Gasteiger partial charge in [0.15, 0.2) is 0 Å². The normalized spacial score (nSPS) is 27.0. The van der Waals surface area contributed by atoms with Crippen LogP contribution in [-0.4, -0.2) is 52.1 Å². The van der Waals surface area contributed by atoms with Crippen molar-refractivity contribution in [2.24, 2.45) is 0 Å². The second-order valence-electron chi connectivity index (χ2n) is 8.30. The summed E-state index contributed by atoms with van der Waals surface area (Å²) in [6, 6.07) is 8.38. The fraction of sp³-hybridized carbons (Fsp3) is 0.476. The minimum atomic E-state index is -0.644. The van der Waals surface area contributed by atoms with E-state index in [0.29, 0.717) is 12.8 Å². The molecule has 3 aliphatic rings. The molecule has 3 aliphatic heterocycles. The summed E-state index contributed by atoms with van der Waals surface area (Å²) in [7, 11) is 0. The van der Waals surface area contributed by atoms with E-state index < -0.39 is 23.7 Å². The van der Waals surface area contributed by atoms with E-state index in [-0.39, 0.29) is 30.3 Å². The van der Waals surface area contributed by atoms with Crippen LogP contribution in [0.1, 0.15) is 45.2 Å². The van der Waals surface area contributed by atoms with E-state index in [1.54, 1.807) is 26.8 Å². The SMILES string of the molecule is CC(C)(C)OC(=O)C1=CCCC2C(N3C(=O)OCC3c3ccccc3)C(=O)N12. The summed E-state index contributed by atoms with van der Waals surface area (Å²) in [5.41, 5.74) is 0.560. The van der Waals surface area contributed by atoms with Crippen molar-refractivity contribution in [1.29, 1.82) is 0 Å². The van der Waals surface area contributed by atoms with Gasteiger partial charge in [-0.3, -0.25) is 14.6 Å². The maximum absolute atomic E-state index is 13.0. The van der Waals surface area contributed by atoms with Crippen molar-refractivity contribution in [2.75, 3.05) is 6.61 Å². The molecule has 7 nitrogen and oxygen atoms in total. The Hall–Kier alpha value is -2.83. The molecule has 3 heterocycles. The van der Waals surface area contributed by atoms with Crippen LogP contribution in [0.25, 0.3) is 0 Å². The van der Waals surface area contributed by atoms with Crippen molar-refractivity contribution in [3.63, 3.8) is 0 Å². The minimum Gasteiger partial charge on any atom is -0.455 e. The highest BCUT2D eigenvalue weighted by molar-refractivity contribution is 6.01. The summed E-state index contributed by atoms with van der Waals surface area (Å²) in [5, 5.41) is 0. The molecule has 0 spiro atoms. The smallest absolute Gasteiger partial charge is 0.411 e. The number of β-lactam (4-membered cyclic amide) rings is 1. The number of esters is 1. The minimum absolute atomic E-state index is 0.216. The van der Waals surface area contributed by atoms with Gasteiger partial charge >= 0.3 is 12.1 Å². The lowest BCUT2D eigenvalue weighted by Gasteiger charge is -2.52. The van der Waals surface area contributed by atoms with Gasteiger partial charge in [-0.1, -0.05) is 36.4 Å².